The Hall–Kier alpha value is -2.09. The lowest BCUT2D eigenvalue weighted by molar-refractivity contribution is 1.00. The molecule has 0 amide bonds. The van der Waals surface area contributed by atoms with Crippen molar-refractivity contribution in [2.75, 3.05) is 5.32 Å². The van der Waals surface area contributed by atoms with E-state index in [0.29, 0.717) is 11.5 Å². The third kappa shape index (κ3) is 1.38. The maximum absolute atomic E-state index is 5.26. The molecule has 0 aliphatic rings. The van der Waals surface area contributed by atoms with Crippen LogP contribution in [-0.2, 0) is 0 Å². The molecule has 5 nitrogen and oxygen atoms in total. The van der Waals surface area contributed by atoms with E-state index in [0.717, 1.165) is 0 Å². The van der Waals surface area contributed by atoms with E-state index in [9.17, 15) is 0 Å². The Kier molecular flexibility index (Phi) is 2.03. The summed E-state index contributed by atoms with van der Waals surface area (Å²) < 4.78 is 1.78. The Morgan fingerprint density at radius 3 is 3.29 bits per heavy atom. The summed E-state index contributed by atoms with van der Waals surface area (Å²) >= 11 is 0. The molecule has 1 atom stereocenters. The average molecular weight is 187 g/mol. The summed E-state index contributed by atoms with van der Waals surface area (Å²) in [5.74, 6) is 3.21. The Labute approximate surface area is 81.2 Å². The van der Waals surface area contributed by atoms with Crippen molar-refractivity contribution >= 4 is 11.5 Å². The van der Waals surface area contributed by atoms with Gasteiger partial charge in [-0.1, -0.05) is 5.92 Å². The second kappa shape index (κ2) is 3.34. The van der Waals surface area contributed by atoms with E-state index < -0.39 is 0 Å². The molecule has 1 N–H and O–H groups in total. The lowest BCUT2D eigenvalue weighted by Crippen LogP contribution is -2.14. The van der Waals surface area contributed by atoms with E-state index in [-0.39, 0.29) is 6.04 Å². The molecule has 0 aromatic carbocycles. The molecule has 0 radical (unpaired) electrons. The fraction of sp³-hybridized carbons (Fsp3) is 0.222. The minimum Gasteiger partial charge on any atom is -0.354 e. The van der Waals surface area contributed by atoms with Crippen LogP contribution < -0.4 is 5.32 Å². The molecule has 0 bridgehead atoms. The monoisotopic (exact) mass is 187 g/mol. The van der Waals surface area contributed by atoms with Gasteiger partial charge in [-0.2, -0.15) is 0 Å². The molecule has 2 aromatic heterocycles. The molecule has 14 heavy (non-hydrogen) atoms. The van der Waals surface area contributed by atoms with Gasteiger partial charge in [0.15, 0.2) is 5.82 Å². The quantitative estimate of drug-likeness (QED) is 0.698. The van der Waals surface area contributed by atoms with Crippen molar-refractivity contribution in [1.29, 1.82) is 0 Å². The van der Waals surface area contributed by atoms with Gasteiger partial charge in [0.25, 0.3) is 0 Å². The normalized spacial score (nSPS) is 12.3. The molecular formula is C9H9N5. The largest absolute Gasteiger partial charge is 0.354 e. The molecule has 1 unspecified atom stereocenters. The molecule has 5 heteroatoms. The zero-order valence-electron chi connectivity index (χ0n) is 7.68. The zero-order chi connectivity index (χ0) is 9.97. The predicted molar refractivity (Wildman–Crippen MR) is 52.7 cm³/mol. The van der Waals surface area contributed by atoms with Crippen molar-refractivity contribution in [1.82, 2.24) is 19.6 Å². The maximum Gasteiger partial charge on any atom is 0.203 e. The number of anilines is 1. The van der Waals surface area contributed by atoms with Gasteiger partial charge < -0.3 is 5.32 Å². The highest BCUT2D eigenvalue weighted by Crippen LogP contribution is 2.10. The Balaban J connectivity index is 2.42. The first kappa shape index (κ1) is 8.51. The van der Waals surface area contributed by atoms with Crippen LogP contribution in [0.4, 0.5) is 5.82 Å². The van der Waals surface area contributed by atoms with Crippen LogP contribution in [0.1, 0.15) is 6.92 Å². The molecule has 0 saturated carbocycles. The number of aromatic nitrogens is 4. The molecule has 70 valence electrons. The summed E-state index contributed by atoms with van der Waals surface area (Å²) in [5, 5.41) is 10.8. The van der Waals surface area contributed by atoms with Crippen LogP contribution in [-0.4, -0.2) is 25.6 Å². The topological polar surface area (TPSA) is 55.1 Å². The van der Waals surface area contributed by atoms with Gasteiger partial charge in [-0.05, 0) is 6.92 Å². The first-order valence-electron chi connectivity index (χ1n) is 4.18. The van der Waals surface area contributed by atoms with Gasteiger partial charge in [0.05, 0.1) is 6.04 Å². The van der Waals surface area contributed by atoms with E-state index in [1.165, 1.54) is 0 Å². The highest BCUT2D eigenvalue weighted by atomic mass is 15.2. The molecule has 0 fully saturated rings. The van der Waals surface area contributed by atoms with Crippen molar-refractivity contribution in [2.24, 2.45) is 0 Å². The Morgan fingerprint density at radius 1 is 1.64 bits per heavy atom. The first-order valence-corrected chi connectivity index (χ1v) is 4.18. The number of nitrogens with zero attached hydrogens (tertiary/aromatic N) is 4. The number of rotatable bonds is 2. The number of hydrogen-bond acceptors (Lipinski definition) is 4. The summed E-state index contributed by atoms with van der Waals surface area (Å²) in [7, 11) is 0. The van der Waals surface area contributed by atoms with Gasteiger partial charge in [0, 0.05) is 12.4 Å². The molecule has 0 saturated heterocycles. The number of hydrogen-bond donors (Lipinski definition) is 1. The van der Waals surface area contributed by atoms with E-state index in [4.69, 9.17) is 6.42 Å². The zero-order valence-corrected chi connectivity index (χ0v) is 7.68. The standard InChI is InChI=1S/C9H9N5/c1-3-7(2)12-8-9-13-11-6-14(9)5-4-10-8/h1,4-7H,2H3,(H,10,12). The maximum atomic E-state index is 5.26. The van der Waals surface area contributed by atoms with Gasteiger partial charge in [-0.25, -0.2) is 4.98 Å². The second-order valence-corrected chi connectivity index (χ2v) is 2.87. The van der Waals surface area contributed by atoms with Crippen LogP contribution in [0.3, 0.4) is 0 Å². The highest BCUT2D eigenvalue weighted by Gasteiger charge is 2.05. The van der Waals surface area contributed by atoms with E-state index in [1.54, 1.807) is 23.1 Å². The van der Waals surface area contributed by atoms with Gasteiger partial charge in [-0.3, -0.25) is 4.40 Å². The van der Waals surface area contributed by atoms with Crippen molar-refractivity contribution in [2.45, 2.75) is 13.0 Å². The Bertz CT molecular complexity index is 481. The van der Waals surface area contributed by atoms with Crippen LogP contribution in [0.2, 0.25) is 0 Å². The lowest BCUT2D eigenvalue weighted by Gasteiger charge is -2.07. The molecule has 0 aliphatic carbocycles. The summed E-state index contributed by atoms with van der Waals surface area (Å²) in [6, 6.07) is -0.0783. The predicted octanol–water partition coefficient (Wildman–Crippen LogP) is 0.558. The van der Waals surface area contributed by atoms with Crippen molar-refractivity contribution in [3.63, 3.8) is 0 Å². The van der Waals surface area contributed by atoms with Crippen molar-refractivity contribution in [3.8, 4) is 12.3 Å². The van der Waals surface area contributed by atoms with E-state index in [2.05, 4.69) is 26.4 Å². The first-order chi connectivity index (χ1) is 6.81. The fourth-order valence-corrected chi connectivity index (χ4v) is 1.11. The summed E-state index contributed by atoms with van der Waals surface area (Å²) in [4.78, 5) is 4.14. The fourth-order valence-electron chi connectivity index (χ4n) is 1.11. The van der Waals surface area contributed by atoms with Gasteiger partial charge in [0.2, 0.25) is 5.65 Å². The smallest absolute Gasteiger partial charge is 0.203 e. The van der Waals surface area contributed by atoms with Crippen molar-refractivity contribution in [3.05, 3.63) is 18.7 Å². The molecule has 0 spiro atoms. The summed E-state index contributed by atoms with van der Waals surface area (Å²) in [6.45, 7) is 1.88. The molecular weight excluding hydrogens is 178 g/mol. The average Bonchev–Trinajstić information content (AvgIpc) is 2.66. The van der Waals surface area contributed by atoms with Gasteiger partial charge >= 0.3 is 0 Å². The van der Waals surface area contributed by atoms with Crippen LogP contribution >= 0.6 is 0 Å². The second-order valence-electron chi connectivity index (χ2n) is 2.87. The van der Waals surface area contributed by atoms with Gasteiger partial charge in [0.1, 0.15) is 6.33 Å². The third-order valence-electron chi connectivity index (χ3n) is 1.82. The SMILES string of the molecule is C#CC(C)Nc1nccn2cnnc12. The highest BCUT2D eigenvalue weighted by molar-refractivity contribution is 5.62. The third-order valence-corrected chi connectivity index (χ3v) is 1.82. The molecule has 2 heterocycles. The van der Waals surface area contributed by atoms with E-state index in [1.807, 2.05) is 6.92 Å². The minimum absolute atomic E-state index is 0.0783. The summed E-state index contributed by atoms with van der Waals surface area (Å²) in [6.07, 6.45) is 10.3. The van der Waals surface area contributed by atoms with E-state index >= 15 is 0 Å². The molecule has 2 aromatic rings. The van der Waals surface area contributed by atoms with Crippen LogP contribution in [0.5, 0.6) is 0 Å². The summed E-state index contributed by atoms with van der Waals surface area (Å²) in [5.41, 5.74) is 0.676. The van der Waals surface area contributed by atoms with Crippen LogP contribution in [0.25, 0.3) is 5.65 Å². The molecule has 0 aliphatic heterocycles. The minimum atomic E-state index is -0.0783. The van der Waals surface area contributed by atoms with Gasteiger partial charge in [-0.15, -0.1) is 16.6 Å². The number of terminal acetylenes is 1. The number of nitrogens with one attached hydrogen (secondary N) is 1. The number of fused-ring (bicyclic) bond motifs is 1. The van der Waals surface area contributed by atoms with Crippen molar-refractivity contribution < 1.29 is 0 Å². The lowest BCUT2D eigenvalue weighted by atomic mass is 10.3. The molecule has 2 rings (SSSR count). The van der Waals surface area contributed by atoms with Crippen LogP contribution in [0, 0.1) is 12.3 Å². The Morgan fingerprint density at radius 2 is 2.50 bits per heavy atom. The van der Waals surface area contributed by atoms with Crippen LogP contribution in [0.15, 0.2) is 18.7 Å².